The van der Waals surface area contributed by atoms with Crippen LogP contribution in [0.15, 0.2) is 72.9 Å². The SMILES string of the molecule is C=C(C)CCCC(C)CC.C=C(C)CCCC(C)CCC.C=C(C)CCCCCCC.C=C(C)CCCCCCCCC.C=C(C)CCCCCCCCCC.C=C(C)CCCCCCCCCCCCCCC. The fourth-order valence-corrected chi connectivity index (χ4v) is 8.77. The average Bonchev–Trinajstić information content (AvgIpc) is 3.34. The van der Waals surface area contributed by atoms with Crippen LogP contribution in [0.5, 0.6) is 0 Å². The van der Waals surface area contributed by atoms with Gasteiger partial charge in [0.15, 0.2) is 0 Å². The monoisotopic (exact) mass is 1040 g/mol. The van der Waals surface area contributed by atoms with Crippen LogP contribution in [0.1, 0.15) is 392 Å². The summed E-state index contributed by atoms with van der Waals surface area (Å²) in [5, 5.41) is 0. The topological polar surface area (TPSA) is 0 Å². The summed E-state index contributed by atoms with van der Waals surface area (Å²) >= 11 is 0. The zero-order chi connectivity index (χ0) is 57.1. The maximum Gasteiger partial charge on any atom is -0.0326 e. The highest BCUT2D eigenvalue weighted by atomic mass is 14.1. The number of hydrogen-bond donors (Lipinski definition) is 0. The molecule has 0 saturated heterocycles. The first-order valence-electron chi connectivity index (χ1n) is 33.3. The minimum atomic E-state index is 0.902. The predicted octanol–water partition coefficient (Wildman–Crippen LogP) is 28.7. The van der Waals surface area contributed by atoms with Crippen molar-refractivity contribution in [1.29, 1.82) is 0 Å². The van der Waals surface area contributed by atoms with Gasteiger partial charge in [0.2, 0.25) is 0 Å². The van der Waals surface area contributed by atoms with Crippen LogP contribution in [0.25, 0.3) is 0 Å². The van der Waals surface area contributed by atoms with E-state index in [2.05, 4.69) is 136 Å². The van der Waals surface area contributed by atoms with Crippen molar-refractivity contribution in [3.63, 3.8) is 0 Å². The van der Waals surface area contributed by atoms with Gasteiger partial charge in [-0.15, -0.1) is 39.5 Å². The van der Waals surface area contributed by atoms with E-state index in [1.165, 1.54) is 329 Å². The molecule has 2 unspecified atom stereocenters. The molecule has 0 fully saturated rings. The first-order valence-corrected chi connectivity index (χ1v) is 33.3. The fraction of sp³-hybridized carbons (Fsp3) is 0.838. The third-order valence-electron chi connectivity index (χ3n) is 14.2. The Morgan fingerprint density at radius 2 is 0.392 bits per heavy atom. The van der Waals surface area contributed by atoms with Gasteiger partial charge < -0.3 is 0 Å². The second-order valence-electron chi connectivity index (χ2n) is 24.2. The van der Waals surface area contributed by atoms with Gasteiger partial charge in [-0.3, -0.25) is 0 Å². The quantitative estimate of drug-likeness (QED) is 0.0421. The molecule has 0 aliphatic heterocycles. The Labute approximate surface area is 474 Å². The van der Waals surface area contributed by atoms with Crippen LogP contribution in [0.4, 0.5) is 0 Å². The lowest BCUT2D eigenvalue weighted by Gasteiger charge is -2.08. The lowest BCUT2D eigenvalue weighted by atomic mass is 9.98. The summed E-state index contributed by atoms with van der Waals surface area (Å²) in [6.07, 6.45) is 63.5. The molecule has 0 bridgehead atoms. The molecule has 0 nitrogen and oxygen atoms in total. The number of allylic oxidation sites excluding steroid dienone is 6. The van der Waals surface area contributed by atoms with E-state index in [0.29, 0.717) is 0 Å². The Morgan fingerprint density at radius 3 is 0.568 bits per heavy atom. The van der Waals surface area contributed by atoms with E-state index in [1.54, 1.807) is 0 Å². The Bertz CT molecular complexity index is 1110. The van der Waals surface area contributed by atoms with Crippen molar-refractivity contribution in [3.8, 4) is 0 Å². The van der Waals surface area contributed by atoms with Gasteiger partial charge in [-0.2, -0.15) is 0 Å². The van der Waals surface area contributed by atoms with E-state index in [-0.39, 0.29) is 0 Å². The maximum atomic E-state index is 3.95. The number of unbranched alkanes of at least 4 members (excludes halogenated alkanes) is 29. The van der Waals surface area contributed by atoms with Gasteiger partial charge in [0.25, 0.3) is 0 Å². The Morgan fingerprint density at radius 1 is 0.216 bits per heavy atom. The molecule has 0 aromatic carbocycles. The largest absolute Gasteiger partial charge is 0.100 e. The summed E-state index contributed by atoms with van der Waals surface area (Å²) in [6.45, 7) is 54.4. The van der Waals surface area contributed by atoms with Crippen LogP contribution in [0.2, 0.25) is 0 Å². The van der Waals surface area contributed by atoms with Crippen molar-refractivity contribution >= 4 is 0 Å². The molecule has 0 spiro atoms. The van der Waals surface area contributed by atoms with E-state index in [0.717, 1.165) is 11.8 Å². The molecular formula is C74H148. The molecule has 0 saturated carbocycles. The molecule has 0 heterocycles. The normalized spacial score (nSPS) is 11.1. The van der Waals surface area contributed by atoms with Crippen LogP contribution in [0.3, 0.4) is 0 Å². The van der Waals surface area contributed by atoms with Gasteiger partial charge in [0.1, 0.15) is 0 Å². The summed E-state index contributed by atoms with van der Waals surface area (Å²) < 4.78 is 0. The van der Waals surface area contributed by atoms with E-state index in [1.807, 2.05) is 0 Å². The second-order valence-corrected chi connectivity index (χ2v) is 24.2. The molecule has 0 aliphatic rings. The third kappa shape index (κ3) is 107. The molecule has 0 amide bonds. The van der Waals surface area contributed by atoms with Crippen molar-refractivity contribution in [1.82, 2.24) is 0 Å². The smallest absolute Gasteiger partial charge is 0.0326 e. The van der Waals surface area contributed by atoms with E-state index in [4.69, 9.17) is 0 Å². The van der Waals surface area contributed by atoms with Gasteiger partial charge in [-0.25, -0.2) is 0 Å². The molecule has 0 rings (SSSR count). The first kappa shape index (κ1) is 83.8. The molecule has 0 radical (unpaired) electrons. The highest BCUT2D eigenvalue weighted by Gasteiger charge is 2.00. The highest BCUT2D eigenvalue weighted by Crippen LogP contribution is 2.18. The first-order chi connectivity index (χ1) is 35.4. The van der Waals surface area contributed by atoms with E-state index < -0.39 is 0 Å². The zero-order valence-electron chi connectivity index (χ0n) is 54.9. The van der Waals surface area contributed by atoms with Gasteiger partial charge in [-0.05, 0) is 130 Å². The minimum Gasteiger partial charge on any atom is -0.100 e. The van der Waals surface area contributed by atoms with Crippen LogP contribution in [0, 0.1) is 11.8 Å². The van der Waals surface area contributed by atoms with Gasteiger partial charge in [0, 0.05) is 0 Å². The van der Waals surface area contributed by atoms with Gasteiger partial charge in [-0.1, -0.05) is 307 Å². The maximum absolute atomic E-state index is 3.95. The molecule has 0 aromatic rings. The number of hydrogen-bond acceptors (Lipinski definition) is 0. The van der Waals surface area contributed by atoms with Gasteiger partial charge in [0.05, 0.1) is 0 Å². The van der Waals surface area contributed by atoms with Crippen molar-refractivity contribution in [3.05, 3.63) is 72.9 Å². The lowest BCUT2D eigenvalue weighted by molar-refractivity contribution is 0.469. The molecule has 2 atom stereocenters. The minimum absolute atomic E-state index is 0.902. The van der Waals surface area contributed by atoms with Crippen LogP contribution in [-0.4, -0.2) is 0 Å². The zero-order valence-corrected chi connectivity index (χ0v) is 54.9. The van der Waals surface area contributed by atoms with Crippen molar-refractivity contribution < 1.29 is 0 Å². The average molecular weight is 1040 g/mol. The summed E-state index contributed by atoms with van der Waals surface area (Å²) in [6, 6.07) is 0. The summed E-state index contributed by atoms with van der Waals surface area (Å²) in [4.78, 5) is 0. The molecule has 444 valence electrons. The summed E-state index contributed by atoms with van der Waals surface area (Å²) in [7, 11) is 0. The molecule has 0 aliphatic carbocycles. The van der Waals surface area contributed by atoms with Crippen molar-refractivity contribution in [2.45, 2.75) is 392 Å². The Kier molecular flexibility index (Phi) is 85.7. The van der Waals surface area contributed by atoms with Crippen LogP contribution in [-0.2, 0) is 0 Å². The highest BCUT2D eigenvalue weighted by molar-refractivity contribution is 4.89. The van der Waals surface area contributed by atoms with E-state index >= 15 is 0 Å². The standard InChI is InChI=1S/C18H36.C13H26.C12H24.C11H22.2C10H20/c1-4-5-6-7-8-9-10-11-12-13-14-15-16-17-18(2)3;1-4-5-6-7-8-9-10-11-12-13(2)3;1-4-5-6-7-8-9-10-11-12(2)3;1-5-7-11(4)9-6-8-10(2)3;1-5-10(4)8-6-7-9(2)3;1-4-5-6-7-8-9-10(2)3/h2,4-17H2,1,3H3;2,4-12H2,1,3H3;2,4-11H2,1,3H3;11H,2,5-9H2,1,3-4H3;10H,2,5-8H2,1,3-4H3;2,4-9H2,1,3H3. The summed E-state index contributed by atoms with van der Waals surface area (Å²) in [5.41, 5.74) is 8.00. The molecule has 0 heteroatoms. The fourth-order valence-electron chi connectivity index (χ4n) is 8.77. The van der Waals surface area contributed by atoms with E-state index in [9.17, 15) is 0 Å². The predicted molar refractivity (Wildman–Crippen MR) is 354 cm³/mol. The van der Waals surface area contributed by atoms with Crippen LogP contribution >= 0.6 is 0 Å². The molecule has 74 heavy (non-hydrogen) atoms. The Hall–Kier alpha value is -1.56. The van der Waals surface area contributed by atoms with Crippen LogP contribution < -0.4 is 0 Å². The van der Waals surface area contributed by atoms with Gasteiger partial charge >= 0.3 is 0 Å². The Balaban J connectivity index is -0.000000190. The molecule has 0 aromatic heterocycles. The third-order valence-corrected chi connectivity index (χ3v) is 14.2. The lowest BCUT2D eigenvalue weighted by Crippen LogP contribution is -1.93. The van der Waals surface area contributed by atoms with Crippen molar-refractivity contribution in [2.24, 2.45) is 11.8 Å². The molecular weight excluding hydrogens is 889 g/mol. The number of rotatable bonds is 48. The van der Waals surface area contributed by atoms with Crippen molar-refractivity contribution in [2.75, 3.05) is 0 Å². The second kappa shape index (κ2) is 75.7. The summed E-state index contributed by atoms with van der Waals surface area (Å²) in [5.74, 6) is 1.82. The molecule has 0 N–H and O–H groups in total.